The predicted molar refractivity (Wildman–Crippen MR) is 97.3 cm³/mol. The van der Waals surface area contributed by atoms with Crippen LogP contribution in [0.15, 0.2) is 77.8 Å². The molecule has 124 valence electrons. The number of hydrogen-bond acceptors (Lipinski definition) is 5. The van der Waals surface area contributed by atoms with E-state index < -0.39 is 0 Å². The van der Waals surface area contributed by atoms with Gasteiger partial charge < -0.3 is 15.5 Å². The number of aromatic nitrogens is 2. The van der Waals surface area contributed by atoms with Crippen LogP contribution >= 0.6 is 11.6 Å². The standard InChI is InChI=1S/C19H16ClN5/c20-16-7-15(24-18-5-6-21-12-22-18)11-25-17(16)10-23-19(25)8-13-3-1-2-4-14(13)9-19/h1-7,10-12,23H,8-9H2,(H,21,22,24). The molecule has 5 nitrogen and oxygen atoms in total. The average molecular weight is 350 g/mol. The van der Waals surface area contributed by atoms with Crippen molar-refractivity contribution in [2.75, 3.05) is 5.32 Å². The molecule has 1 spiro atoms. The summed E-state index contributed by atoms with van der Waals surface area (Å²) in [5.74, 6) is 0.741. The van der Waals surface area contributed by atoms with Gasteiger partial charge in [-0.15, -0.1) is 0 Å². The minimum atomic E-state index is -0.188. The maximum Gasteiger partial charge on any atom is 0.133 e. The largest absolute Gasteiger partial charge is 0.366 e. The number of anilines is 1. The predicted octanol–water partition coefficient (Wildman–Crippen LogP) is 3.11. The van der Waals surface area contributed by atoms with Gasteiger partial charge in [-0.1, -0.05) is 35.9 Å². The number of nitrogens with one attached hydrogen (secondary N) is 2. The van der Waals surface area contributed by atoms with Gasteiger partial charge in [0, 0.05) is 31.4 Å². The zero-order chi connectivity index (χ0) is 16.9. The molecule has 2 aliphatic heterocycles. The summed E-state index contributed by atoms with van der Waals surface area (Å²) in [6, 6.07) is 10.4. The Bertz CT molecular complexity index is 907. The highest BCUT2D eigenvalue weighted by molar-refractivity contribution is 6.32. The van der Waals surface area contributed by atoms with Crippen LogP contribution < -0.4 is 10.6 Å². The number of benzene rings is 1. The number of allylic oxidation sites excluding steroid dienone is 2. The van der Waals surface area contributed by atoms with Gasteiger partial charge in [0.05, 0.1) is 16.4 Å². The van der Waals surface area contributed by atoms with Crippen molar-refractivity contribution >= 4 is 17.4 Å². The smallest absolute Gasteiger partial charge is 0.133 e. The molecule has 5 rings (SSSR count). The average Bonchev–Trinajstić information content (AvgIpc) is 3.17. The van der Waals surface area contributed by atoms with Gasteiger partial charge in [0.15, 0.2) is 0 Å². The third kappa shape index (κ3) is 2.31. The van der Waals surface area contributed by atoms with Crippen LogP contribution in [0.1, 0.15) is 11.1 Å². The van der Waals surface area contributed by atoms with E-state index in [2.05, 4.69) is 56.0 Å². The van der Waals surface area contributed by atoms with Crippen molar-refractivity contribution in [3.05, 3.63) is 88.9 Å². The molecule has 1 aromatic heterocycles. The van der Waals surface area contributed by atoms with Crippen LogP contribution in [0.5, 0.6) is 0 Å². The molecule has 6 heteroatoms. The second kappa shape index (κ2) is 5.36. The third-order valence-corrected chi connectivity index (χ3v) is 5.23. The summed E-state index contributed by atoms with van der Waals surface area (Å²) in [5.41, 5.74) is 4.48. The van der Waals surface area contributed by atoms with Gasteiger partial charge in [0.1, 0.15) is 17.8 Å². The topological polar surface area (TPSA) is 53.1 Å². The number of rotatable bonds is 2. The summed E-state index contributed by atoms with van der Waals surface area (Å²) in [6.07, 6.45) is 11.1. The van der Waals surface area contributed by atoms with Gasteiger partial charge in [-0.2, -0.15) is 0 Å². The molecule has 0 atom stereocenters. The summed E-state index contributed by atoms with van der Waals surface area (Å²) >= 11 is 6.55. The quantitative estimate of drug-likeness (QED) is 0.872. The molecule has 0 unspecified atom stereocenters. The van der Waals surface area contributed by atoms with Gasteiger partial charge in [-0.05, 0) is 23.3 Å². The first-order valence-electron chi connectivity index (χ1n) is 8.20. The van der Waals surface area contributed by atoms with E-state index in [9.17, 15) is 0 Å². The monoisotopic (exact) mass is 349 g/mol. The van der Waals surface area contributed by atoms with Gasteiger partial charge in [-0.25, -0.2) is 9.97 Å². The second-order valence-electron chi connectivity index (χ2n) is 6.49. The number of nitrogens with zero attached hydrogens (tertiary/aromatic N) is 3. The Morgan fingerprint density at radius 1 is 1.16 bits per heavy atom. The lowest BCUT2D eigenvalue weighted by molar-refractivity contribution is 0.198. The molecule has 3 heterocycles. The Labute approximate surface area is 150 Å². The highest BCUT2D eigenvalue weighted by atomic mass is 35.5. The lowest BCUT2D eigenvalue weighted by Crippen LogP contribution is -2.51. The molecule has 3 aliphatic rings. The fourth-order valence-corrected chi connectivity index (χ4v) is 4.05. The molecular weight excluding hydrogens is 334 g/mol. The molecule has 0 bridgehead atoms. The zero-order valence-corrected chi connectivity index (χ0v) is 14.2. The maximum atomic E-state index is 6.55. The Balaban J connectivity index is 1.49. The fourth-order valence-electron chi connectivity index (χ4n) is 3.78. The molecule has 0 amide bonds. The lowest BCUT2D eigenvalue weighted by Gasteiger charge is -2.38. The second-order valence-corrected chi connectivity index (χ2v) is 6.90. The SMILES string of the molecule is ClC1=CC(Nc2ccncn2)=CN2C1=CNC21Cc2ccccc2C1. The normalized spacial score (nSPS) is 19.6. The molecule has 0 saturated carbocycles. The molecule has 2 aromatic rings. The fraction of sp³-hybridized carbons (Fsp3) is 0.158. The first kappa shape index (κ1) is 14.5. The molecule has 0 saturated heterocycles. The number of halogens is 1. The van der Waals surface area contributed by atoms with Crippen LogP contribution in [-0.2, 0) is 12.8 Å². The molecule has 1 aliphatic carbocycles. The van der Waals surface area contributed by atoms with Crippen LogP contribution in [0.2, 0.25) is 0 Å². The summed E-state index contributed by atoms with van der Waals surface area (Å²) in [4.78, 5) is 10.4. The van der Waals surface area contributed by atoms with E-state index in [1.54, 1.807) is 6.20 Å². The van der Waals surface area contributed by atoms with Crippen molar-refractivity contribution in [3.63, 3.8) is 0 Å². The summed E-state index contributed by atoms with van der Waals surface area (Å²) in [7, 11) is 0. The first-order chi connectivity index (χ1) is 12.2. The van der Waals surface area contributed by atoms with E-state index in [1.807, 2.05) is 18.3 Å². The highest BCUT2D eigenvalue weighted by Gasteiger charge is 2.46. The molecule has 2 N–H and O–H groups in total. The van der Waals surface area contributed by atoms with Crippen LogP contribution in [0.4, 0.5) is 5.82 Å². The van der Waals surface area contributed by atoms with Crippen LogP contribution in [0.3, 0.4) is 0 Å². The summed E-state index contributed by atoms with van der Waals surface area (Å²) in [5, 5.41) is 7.59. The van der Waals surface area contributed by atoms with Gasteiger partial charge in [0.25, 0.3) is 0 Å². The van der Waals surface area contributed by atoms with E-state index in [4.69, 9.17) is 11.6 Å². The Morgan fingerprint density at radius 2 is 1.96 bits per heavy atom. The van der Waals surface area contributed by atoms with E-state index in [0.29, 0.717) is 5.03 Å². The molecular formula is C19H16ClN5. The van der Waals surface area contributed by atoms with Crippen molar-refractivity contribution < 1.29 is 0 Å². The summed E-state index contributed by atoms with van der Waals surface area (Å²) in [6.45, 7) is 0. The Hall–Kier alpha value is -2.79. The molecule has 1 aromatic carbocycles. The van der Waals surface area contributed by atoms with Crippen molar-refractivity contribution in [1.82, 2.24) is 20.2 Å². The molecule has 0 fully saturated rings. The first-order valence-corrected chi connectivity index (χ1v) is 8.58. The number of hydrogen-bond donors (Lipinski definition) is 2. The Kier molecular flexibility index (Phi) is 3.12. The maximum absolute atomic E-state index is 6.55. The van der Waals surface area contributed by atoms with Crippen molar-refractivity contribution in [3.8, 4) is 0 Å². The molecule has 25 heavy (non-hydrogen) atoms. The highest BCUT2D eigenvalue weighted by Crippen LogP contribution is 2.42. The van der Waals surface area contributed by atoms with E-state index in [-0.39, 0.29) is 5.66 Å². The van der Waals surface area contributed by atoms with E-state index in [0.717, 1.165) is 30.1 Å². The van der Waals surface area contributed by atoms with Crippen LogP contribution in [0, 0.1) is 0 Å². The van der Waals surface area contributed by atoms with Gasteiger partial charge >= 0.3 is 0 Å². The van der Waals surface area contributed by atoms with Gasteiger partial charge in [-0.3, -0.25) is 0 Å². The molecule has 0 radical (unpaired) electrons. The Morgan fingerprint density at radius 3 is 2.68 bits per heavy atom. The van der Waals surface area contributed by atoms with E-state index in [1.165, 1.54) is 17.5 Å². The van der Waals surface area contributed by atoms with Gasteiger partial charge in [0.2, 0.25) is 0 Å². The minimum absolute atomic E-state index is 0.188. The van der Waals surface area contributed by atoms with Crippen molar-refractivity contribution in [2.24, 2.45) is 0 Å². The summed E-state index contributed by atoms with van der Waals surface area (Å²) < 4.78 is 0. The minimum Gasteiger partial charge on any atom is -0.366 e. The van der Waals surface area contributed by atoms with Crippen molar-refractivity contribution in [1.29, 1.82) is 0 Å². The lowest BCUT2D eigenvalue weighted by atomic mass is 10.0. The van der Waals surface area contributed by atoms with Crippen molar-refractivity contribution in [2.45, 2.75) is 18.5 Å². The third-order valence-electron chi connectivity index (χ3n) is 4.93. The van der Waals surface area contributed by atoms with Crippen LogP contribution in [-0.4, -0.2) is 20.5 Å². The zero-order valence-electron chi connectivity index (χ0n) is 13.4. The number of fused-ring (bicyclic) bond motifs is 3. The van der Waals surface area contributed by atoms with Crippen LogP contribution in [0.25, 0.3) is 0 Å². The van der Waals surface area contributed by atoms with E-state index >= 15 is 0 Å².